The molecule has 0 saturated carbocycles. The summed E-state index contributed by atoms with van der Waals surface area (Å²) in [5.41, 5.74) is 5.20. The van der Waals surface area contributed by atoms with Crippen molar-refractivity contribution in [1.82, 2.24) is 14.9 Å². The molecule has 3 aliphatic rings. The first-order chi connectivity index (χ1) is 14.2. The molecule has 1 saturated heterocycles. The fourth-order valence-electron chi connectivity index (χ4n) is 5.37. The standard InChI is InChI=1S/C24H24N4O/c29-23-24(20-5-4-8-25-22(20)27-23)13-17-11-16-6-7-19(15-28-9-2-1-3-10-28)26-21(16)12-18(17)14-24/h4-8,11-12H,1-3,9-10,13-15H2,(H,25,27,29). The van der Waals surface area contributed by atoms with Gasteiger partial charge in [0.05, 0.1) is 16.6 Å². The molecule has 1 aromatic carbocycles. The second-order valence-electron chi connectivity index (χ2n) is 8.74. The molecule has 1 fully saturated rings. The number of piperidine rings is 1. The van der Waals surface area contributed by atoms with Crippen molar-refractivity contribution in [2.45, 2.75) is 44.1 Å². The first kappa shape index (κ1) is 17.1. The lowest BCUT2D eigenvalue weighted by molar-refractivity contribution is -0.120. The average Bonchev–Trinajstić information content (AvgIpc) is 3.24. The van der Waals surface area contributed by atoms with Gasteiger partial charge in [-0.15, -0.1) is 0 Å². The Kier molecular flexibility index (Phi) is 3.75. The SMILES string of the molecule is O=C1Nc2ncccc2C12Cc1cc3ccc(CN4CCCCC4)nc3cc1C2. The summed E-state index contributed by atoms with van der Waals surface area (Å²) in [6, 6.07) is 12.8. The van der Waals surface area contributed by atoms with Gasteiger partial charge in [-0.2, -0.15) is 0 Å². The summed E-state index contributed by atoms with van der Waals surface area (Å²) >= 11 is 0. The summed E-state index contributed by atoms with van der Waals surface area (Å²) in [5.74, 6) is 0.794. The van der Waals surface area contributed by atoms with Crippen LogP contribution >= 0.6 is 0 Å². The van der Waals surface area contributed by atoms with Crippen LogP contribution in [-0.2, 0) is 29.6 Å². The van der Waals surface area contributed by atoms with Gasteiger partial charge in [-0.25, -0.2) is 4.98 Å². The lowest BCUT2D eigenvalue weighted by Crippen LogP contribution is -2.35. The molecule has 5 nitrogen and oxygen atoms in total. The Bertz CT molecular complexity index is 1130. The number of hydrogen-bond acceptors (Lipinski definition) is 4. The maximum absolute atomic E-state index is 12.9. The van der Waals surface area contributed by atoms with Gasteiger partial charge in [0.25, 0.3) is 0 Å². The quantitative estimate of drug-likeness (QED) is 0.733. The fourth-order valence-corrected chi connectivity index (χ4v) is 5.37. The molecule has 3 aromatic rings. The summed E-state index contributed by atoms with van der Waals surface area (Å²) < 4.78 is 0. The highest BCUT2D eigenvalue weighted by Gasteiger charge is 2.51. The van der Waals surface area contributed by atoms with Gasteiger partial charge in [-0.3, -0.25) is 14.7 Å². The number of nitrogens with zero attached hydrogens (tertiary/aromatic N) is 3. The van der Waals surface area contributed by atoms with Crippen LogP contribution in [0, 0.1) is 0 Å². The maximum Gasteiger partial charge on any atom is 0.237 e. The number of carbonyl (C=O) groups is 1. The Hall–Kier alpha value is -2.79. The number of pyridine rings is 2. The number of hydrogen-bond donors (Lipinski definition) is 1. The minimum absolute atomic E-state index is 0.0743. The van der Waals surface area contributed by atoms with Crippen molar-refractivity contribution >= 4 is 22.6 Å². The van der Waals surface area contributed by atoms with Crippen LogP contribution in [0.5, 0.6) is 0 Å². The van der Waals surface area contributed by atoms with Gasteiger partial charge in [0.15, 0.2) is 0 Å². The Morgan fingerprint density at radius 2 is 1.86 bits per heavy atom. The minimum Gasteiger partial charge on any atom is -0.310 e. The molecule has 1 amide bonds. The van der Waals surface area contributed by atoms with Gasteiger partial charge in [0.1, 0.15) is 5.82 Å². The van der Waals surface area contributed by atoms with E-state index in [1.54, 1.807) is 6.20 Å². The van der Waals surface area contributed by atoms with Crippen LogP contribution in [0.3, 0.4) is 0 Å². The lowest BCUT2D eigenvalue weighted by atomic mass is 9.79. The van der Waals surface area contributed by atoms with Crippen molar-refractivity contribution in [3.8, 4) is 0 Å². The lowest BCUT2D eigenvalue weighted by Gasteiger charge is -2.26. The molecule has 29 heavy (non-hydrogen) atoms. The van der Waals surface area contributed by atoms with Gasteiger partial charge in [-0.1, -0.05) is 18.6 Å². The molecule has 1 spiro atoms. The average molecular weight is 384 g/mol. The third-order valence-corrected chi connectivity index (χ3v) is 6.88. The van der Waals surface area contributed by atoms with E-state index < -0.39 is 5.41 Å². The number of amides is 1. The topological polar surface area (TPSA) is 58.1 Å². The number of fused-ring (bicyclic) bond motifs is 4. The number of benzene rings is 1. The zero-order chi connectivity index (χ0) is 19.4. The number of nitrogens with one attached hydrogen (secondary N) is 1. The monoisotopic (exact) mass is 384 g/mol. The van der Waals surface area contributed by atoms with Crippen molar-refractivity contribution in [2.24, 2.45) is 0 Å². The second-order valence-corrected chi connectivity index (χ2v) is 8.74. The van der Waals surface area contributed by atoms with Gasteiger partial charge in [-0.05, 0) is 74.2 Å². The predicted octanol–water partition coefficient (Wildman–Crippen LogP) is 3.60. The molecule has 4 heterocycles. The molecule has 2 aromatic heterocycles. The number of carbonyl (C=O) groups excluding carboxylic acids is 1. The number of aromatic nitrogens is 2. The van der Waals surface area contributed by atoms with Crippen LogP contribution in [0.15, 0.2) is 42.6 Å². The van der Waals surface area contributed by atoms with E-state index >= 15 is 0 Å². The summed E-state index contributed by atoms with van der Waals surface area (Å²) in [7, 11) is 0. The van der Waals surface area contributed by atoms with E-state index in [1.165, 1.54) is 43.5 Å². The van der Waals surface area contributed by atoms with E-state index in [4.69, 9.17) is 4.98 Å². The molecule has 2 aliphatic heterocycles. The molecule has 1 atom stereocenters. The largest absolute Gasteiger partial charge is 0.310 e. The highest BCUT2D eigenvalue weighted by atomic mass is 16.2. The summed E-state index contributed by atoms with van der Waals surface area (Å²) in [6.07, 6.45) is 7.13. The first-order valence-electron chi connectivity index (χ1n) is 10.6. The van der Waals surface area contributed by atoms with E-state index in [2.05, 4.69) is 39.5 Å². The molecule has 1 N–H and O–H groups in total. The van der Waals surface area contributed by atoms with E-state index in [0.29, 0.717) is 0 Å². The van der Waals surface area contributed by atoms with Crippen molar-refractivity contribution in [3.05, 3.63) is 65.0 Å². The number of rotatable bonds is 2. The number of anilines is 1. The van der Waals surface area contributed by atoms with Crippen molar-refractivity contribution < 1.29 is 4.79 Å². The van der Waals surface area contributed by atoms with Crippen LogP contribution in [0.2, 0.25) is 0 Å². The Labute approximate surface area is 170 Å². The molecule has 1 unspecified atom stereocenters. The fraction of sp³-hybridized carbons (Fsp3) is 0.375. The third kappa shape index (κ3) is 2.68. The highest BCUT2D eigenvalue weighted by Crippen LogP contribution is 2.47. The van der Waals surface area contributed by atoms with Crippen LogP contribution in [-0.4, -0.2) is 33.9 Å². The molecule has 0 radical (unpaired) electrons. The highest BCUT2D eigenvalue weighted by molar-refractivity contribution is 6.06. The molecule has 1 aliphatic carbocycles. The summed E-state index contributed by atoms with van der Waals surface area (Å²) in [5, 5.41) is 4.15. The second kappa shape index (κ2) is 6.36. The molecule has 0 bridgehead atoms. The minimum atomic E-state index is -0.514. The zero-order valence-corrected chi connectivity index (χ0v) is 16.4. The maximum atomic E-state index is 12.9. The van der Waals surface area contributed by atoms with E-state index in [-0.39, 0.29) is 5.91 Å². The Morgan fingerprint density at radius 3 is 2.72 bits per heavy atom. The Balaban J connectivity index is 1.35. The van der Waals surface area contributed by atoms with Crippen molar-refractivity contribution in [3.63, 3.8) is 0 Å². The van der Waals surface area contributed by atoms with Gasteiger partial charge in [0.2, 0.25) is 5.91 Å². The normalized spacial score (nSPS) is 23.4. The van der Waals surface area contributed by atoms with Crippen molar-refractivity contribution in [1.29, 1.82) is 0 Å². The van der Waals surface area contributed by atoms with Crippen LogP contribution in [0.25, 0.3) is 10.9 Å². The third-order valence-electron chi connectivity index (χ3n) is 6.88. The first-order valence-corrected chi connectivity index (χ1v) is 10.6. The molecule has 5 heteroatoms. The molecule has 6 rings (SSSR count). The number of likely N-dealkylation sites (tertiary alicyclic amines) is 1. The van der Waals surface area contributed by atoms with E-state index in [0.717, 1.165) is 47.4 Å². The molecular formula is C24H24N4O. The van der Waals surface area contributed by atoms with Crippen LogP contribution in [0.4, 0.5) is 5.82 Å². The van der Waals surface area contributed by atoms with Crippen molar-refractivity contribution in [2.75, 3.05) is 18.4 Å². The summed E-state index contributed by atoms with van der Waals surface area (Å²) in [4.78, 5) is 24.8. The van der Waals surface area contributed by atoms with Gasteiger partial charge >= 0.3 is 0 Å². The zero-order valence-electron chi connectivity index (χ0n) is 16.4. The molecule has 146 valence electrons. The Morgan fingerprint density at radius 1 is 1.03 bits per heavy atom. The predicted molar refractivity (Wildman–Crippen MR) is 113 cm³/mol. The van der Waals surface area contributed by atoms with Gasteiger partial charge < -0.3 is 5.32 Å². The van der Waals surface area contributed by atoms with Gasteiger partial charge in [0, 0.05) is 23.7 Å². The van der Waals surface area contributed by atoms with E-state index in [1.807, 2.05) is 12.1 Å². The molecular weight excluding hydrogens is 360 g/mol. The van der Waals surface area contributed by atoms with E-state index in [9.17, 15) is 4.79 Å². The summed E-state index contributed by atoms with van der Waals surface area (Å²) in [6.45, 7) is 3.28. The van der Waals surface area contributed by atoms with Crippen LogP contribution in [0.1, 0.15) is 41.6 Å². The smallest absolute Gasteiger partial charge is 0.237 e. The van der Waals surface area contributed by atoms with Crippen LogP contribution < -0.4 is 5.32 Å².